The second-order valence-electron chi connectivity index (χ2n) is 27.0. The Kier molecular flexibility index (Phi) is 14.6. The average Bonchev–Trinajstić information content (AvgIpc) is 3.56. The first-order valence-electron chi connectivity index (χ1n) is 28.4. The van der Waals surface area contributed by atoms with Crippen LogP contribution in [0.2, 0.25) is 0 Å². The molecule has 0 aliphatic heterocycles. The first-order valence-corrected chi connectivity index (χ1v) is 28.4. The summed E-state index contributed by atoms with van der Waals surface area (Å²) in [6, 6.07) is 0. The Morgan fingerprint density at radius 2 is 1.13 bits per heavy atom. The Balaban J connectivity index is 0.659. The number of aliphatic hydroxyl groups is 5. The first-order chi connectivity index (χ1) is 31.8. The van der Waals surface area contributed by atoms with E-state index in [-0.39, 0.29) is 75.3 Å². The van der Waals surface area contributed by atoms with E-state index in [0.717, 1.165) is 90.1 Å². The van der Waals surface area contributed by atoms with E-state index in [1.54, 1.807) is 0 Å². The number of hydrogen-bond donors (Lipinski definition) is 7. The highest BCUT2D eigenvalue weighted by atomic mass is 16.3. The summed E-state index contributed by atoms with van der Waals surface area (Å²) >= 11 is 0. The maximum Gasteiger partial charge on any atom is 0.220 e. The van der Waals surface area contributed by atoms with Crippen molar-refractivity contribution in [2.45, 2.75) is 214 Å². The number of nitrogens with one attached hydrogen (secondary N) is 2. The number of fused-ring (bicyclic) bond motifs is 11. The second kappa shape index (κ2) is 19.3. The summed E-state index contributed by atoms with van der Waals surface area (Å²) in [7, 11) is 0. The van der Waals surface area contributed by atoms with Crippen LogP contribution in [0, 0.1) is 91.7 Å². The Hall–Kier alpha value is -1.30. The van der Waals surface area contributed by atoms with Crippen LogP contribution in [0.4, 0.5) is 0 Å². The summed E-state index contributed by atoms with van der Waals surface area (Å²) in [5.41, 5.74) is 1.38. The molecule has 2 amide bonds. The minimum Gasteiger partial charge on any atom is -0.395 e. The number of rotatable bonds is 17. The molecule has 0 bridgehead atoms. The zero-order chi connectivity index (χ0) is 47.7. The van der Waals surface area contributed by atoms with Gasteiger partial charge in [-0.05, 0) is 240 Å². The van der Waals surface area contributed by atoms with Crippen molar-refractivity contribution in [3.05, 3.63) is 0 Å². The lowest BCUT2D eigenvalue weighted by Gasteiger charge is -2.62. The van der Waals surface area contributed by atoms with Crippen LogP contribution in [0.5, 0.6) is 0 Å². The van der Waals surface area contributed by atoms with Crippen molar-refractivity contribution in [1.29, 1.82) is 0 Å². The van der Waals surface area contributed by atoms with Gasteiger partial charge in [-0.2, -0.15) is 0 Å². The number of carbonyl (C=O) groups is 2. The molecule has 67 heavy (non-hydrogen) atoms. The van der Waals surface area contributed by atoms with Crippen LogP contribution < -0.4 is 10.6 Å². The number of amides is 2. The van der Waals surface area contributed by atoms with Gasteiger partial charge in [-0.1, -0.05) is 41.5 Å². The van der Waals surface area contributed by atoms with E-state index in [2.05, 4.69) is 57.1 Å². The molecule has 0 aromatic heterocycles. The molecule has 0 aromatic carbocycles. The molecular weight excluding hydrogens is 839 g/mol. The lowest BCUT2D eigenvalue weighted by atomic mass is 9.43. The van der Waals surface area contributed by atoms with E-state index >= 15 is 0 Å². The summed E-state index contributed by atoms with van der Waals surface area (Å²) in [5, 5.41) is 60.5. The minimum atomic E-state index is -0.257. The van der Waals surface area contributed by atoms with Crippen molar-refractivity contribution in [3.8, 4) is 0 Å². The van der Waals surface area contributed by atoms with E-state index in [4.69, 9.17) is 0 Å². The van der Waals surface area contributed by atoms with E-state index < -0.39 is 0 Å². The third-order valence-corrected chi connectivity index (χ3v) is 24.3. The van der Waals surface area contributed by atoms with Crippen molar-refractivity contribution in [2.75, 3.05) is 39.3 Å². The molecule has 0 unspecified atom stereocenters. The normalized spacial score (nSPS) is 48.9. The fraction of sp³-hybridized carbons (Fsp3) is 0.965. The average molecular weight is 936 g/mol. The lowest BCUT2D eigenvalue weighted by molar-refractivity contribution is -0.175. The molecule has 0 radical (unpaired) electrons. The summed E-state index contributed by atoms with van der Waals surface area (Å²) in [6.45, 7) is 18.4. The fourth-order valence-corrected chi connectivity index (χ4v) is 20.4. The van der Waals surface area contributed by atoms with Gasteiger partial charge in [-0.25, -0.2) is 0 Å². The van der Waals surface area contributed by atoms with E-state index in [1.807, 2.05) is 0 Å². The minimum absolute atomic E-state index is 0.0896. The van der Waals surface area contributed by atoms with Crippen molar-refractivity contribution < 1.29 is 35.1 Å². The van der Waals surface area contributed by atoms with Gasteiger partial charge in [0.25, 0.3) is 0 Å². The number of aliphatic hydroxyl groups excluding tert-OH is 5. The molecule has 10 heteroatoms. The van der Waals surface area contributed by atoms with Crippen LogP contribution in [0.3, 0.4) is 0 Å². The van der Waals surface area contributed by atoms with Crippen LogP contribution >= 0.6 is 0 Å². The smallest absolute Gasteiger partial charge is 0.220 e. The monoisotopic (exact) mass is 936 g/mol. The Bertz CT molecular complexity index is 1770. The third-order valence-electron chi connectivity index (χ3n) is 24.3. The Morgan fingerprint density at radius 3 is 1.73 bits per heavy atom. The highest BCUT2D eigenvalue weighted by Gasteiger charge is 2.77. The highest BCUT2D eigenvalue weighted by molar-refractivity contribution is 5.76. The SMILES string of the molecule is C[C@H](CCC(=O)NCCCN(CCO)CCCNC(=O)CC[C@@]1(C)C[C@@]12CC[C@H]1[C@@H]3[C@@H](O)C[C@@H]4C[C@H](O)CC[C@]4(C)[C@H]3CC[C@@]12C)[C@H]1CC[C@H]2[C@@H]3[C@@H](O)C[C@@H]4C[C@H](O)CC[C@]4(C)[C@H]3CC[C@]12C. The van der Waals surface area contributed by atoms with Gasteiger partial charge in [-0.3, -0.25) is 9.59 Å². The topological polar surface area (TPSA) is 163 Å². The van der Waals surface area contributed by atoms with Gasteiger partial charge in [-0.15, -0.1) is 0 Å². The third kappa shape index (κ3) is 8.83. The van der Waals surface area contributed by atoms with Crippen molar-refractivity contribution in [2.24, 2.45) is 91.7 Å². The van der Waals surface area contributed by atoms with Gasteiger partial charge in [0.15, 0.2) is 0 Å². The lowest BCUT2D eigenvalue weighted by Crippen LogP contribution is -2.58. The van der Waals surface area contributed by atoms with Gasteiger partial charge in [0.05, 0.1) is 31.0 Å². The molecule has 0 aromatic rings. The molecule has 10 nitrogen and oxygen atoms in total. The van der Waals surface area contributed by atoms with E-state index in [1.165, 1.54) is 57.8 Å². The van der Waals surface area contributed by atoms with Gasteiger partial charge in [0.2, 0.25) is 11.8 Å². The number of hydrogen-bond acceptors (Lipinski definition) is 8. The van der Waals surface area contributed by atoms with Gasteiger partial charge in [0, 0.05) is 32.5 Å². The molecule has 9 aliphatic rings. The fourth-order valence-electron chi connectivity index (χ4n) is 20.4. The molecule has 0 saturated heterocycles. The van der Waals surface area contributed by atoms with Crippen molar-refractivity contribution in [3.63, 3.8) is 0 Å². The van der Waals surface area contributed by atoms with Crippen LogP contribution in [0.15, 0.2) is 0 Å². The molecule has 9 rings (SSSR count). The maximum absolute atomic E-state index is 13.3. The molecule has 7 N–H and O–H groups in total. The van der Waals surface area contributed by atoms with Gasteiger partial charge >= 0.3 is 0 Å². The van der Waals surface area contributed by atoms with Crippen LogP contribution in [0.1, 0.15) is 189 Å². The molecule has 382 valence electrons. The van der Waals surface area contributed by atoms with Crippen LogP contribution in [-0.2, 0) is 9.59 Å². The number of carbonyl (C=O) groups excluding carboxylic acids is 2. The van der Waals surface area contributed by atoms with E-state index in [0.29, 0.717) is 91.7 Å². The number of nitrogens with zero attached hydrogens (tertiary/aromatic N) is 1. The van der Waals surface area contributed by atoms with Crippen LogP contribution in [-0.4, -0.2) is 106 Å². The summed E-state index contributed by atoms with van der Waals surface area (Å²) < 4.78 is 0. The van der Waals surface area contributed by atoms with Crippen molar-refractivity contribution in [1.82, 2.24) is 15.5 Å². The molecule has 9 saturated carbocycles. The van der Waals surface area contributed by atoms with Crippen molar-refractivity contribution >= 4 is 11.8 Å². The molecule has 9 aliphatic carbocycles. The molecule has 1 spiro atoms. The largest absolute Gasteiger partial charge is 0.395 e. The predicted octanol–water partition coefficient (Wildman–Crippen LogP) is 8.25. The summed E-state index contributed by atoms with van der Waals surface area (Å²) in [6.07, 6.45) is 22.0. The second-order valence-corrected chi connectivity index (χ2v) is 27.0. The molecule has 20 atom stereocenters. The molecule has 9 fully saturated rings. The summed E-state index contributed by atoms with van der Waals surface area (Å²) in [5.74, 6) is 5.16. The van der Waals surface area contributed by atoms with Gasteiger partial charge in [0.1, 0.15) is 0 Å². The molecule has 0 heterocycles. The highest BCUT2D eigenvalue weighted by Crippen LogP contribution is 2.84. The quantitative estimate of drug-likeness (QED) is 0.0718. The zero-order valence-electron chi connectivity index (χ0n) is 43.1. The first kappa shape index (κ1) is 50.6. The van der Waals surface area contributed by atoms with E-state index in [9.17, 15) is 35.1 Å². The van der Waals surface area contributed by atoms with Gasteiger partial charge < -0.3 is 41.1 Å². The summed E-state index contributed by atoms with van der Waals surface area (Å²) in [4.78, 5) is 28.6. The Labute approximate surface area is 405 Å². The Morgan fingerprint density at radius 1 is 0.612 bits per heavy atom. The maximum atomic E-state index is 13.3. The standard InChI is InChI=1S/C57H97N3O7/c1-36(41-10-11-42-50-43(15-22-55(41,42)5)53(3)20-13-39(62)31-37(53)33-46(50)64)9-12-48(66)58-25-7-27-60(29-30-61)28-8-26-59-49(67)18-19-52(2)35-57(52)24-17-45-51-44(16-23-56(45,57)6)54(4)21-14-40(63)32-38(54)34-47(51)65/h36-47,50-51,61-65H,7-35H2,1-6H3,(H,58,66)(H,59,67)/t36-,37+,38+,39-,40-,41-,42+,43+,44+,45+,46+,47+,50+,51-,52+,53+,54+,55-,56+,57+/m1/s1. The van der Waals surface area contributed by atoms with Crippen LogP contribution in [0.25, 0.3) is 0 Å². The zero-order valence-corrected chi connectivity index (χ0v) is 43.1. The molecular formula is C57H97N3O7. The predicted molar refractivity (Wildman–Crippen MR) is 263 cm³/mol.